The maximum absolute atomic E-state index is 13.0. The average Bonchev–Trinajstić information content (AvgIpc) is 3.33. The number of nitrogen functional groups attached to an aromatic ring is 1. The van der Waals surface area contributed by atoms with Gasteiger partial charge in [-0.05, 0) is 43.4 Å². The van der Waals surface area contributed by atoms with Gasteiger partial charge < -0.3 is 20.1 Å². The number of benzene rings is 2. The Morgan fingerprint density at radius 3 is 2.58 bits per heavy atom. The third-order valence-electron chi connectivity index (χ3n) is 7.74. The van der Waals surface area contributed by atoms with Gasteiger partial charge in [-0.3, -0.25) is 14.2 Å². The van der Waals surface area contributed by atoms with Gasteiger partial charge in [0, 0.05) is 30.5 Å². The second-order valence-corrected chi connectivity index (χ2v) is 10.2. The van der Waals surface area contributed by atoms with Crippen molar-refractivity contribution in [3.05, 3.63) is 78.4 Å². The van der Waals surface area contributed by atoms with E-state index in [9.17, 15) is 4.79 Å². The summed E-state index contributed by atoms with van der Waals surface area (Å²) >= 11 is 0. The van der Waals surface area contributed by atoms with Crippen LogP contribution in [0.1, 0.15) is 43.0 Å². The average molecular weight is 512 g/mol. The van der Waals surface area contributed by atoms with Crippen LogP contribution in [0, 0.1) is 5.92 Å². The van der Waals surface area contributed by atoms with Crippen LogP contribution in [-0.2, 0) is 16.1 Å². The van der Waals surface area contributed by atoms with Crippen LogP contribution in [0.2, 0.25) is 0 Å². The number of ether oxygens (including phenoxy) is 2. The molecule has 0 radical (unpaired) electrons. The number of anilines is 1. The molecule has 1 aliphatic carbocycles. The highest BCUT2D eigenvalue weighted by Crippen LogP contribution is 2.39. The van der Waals surface area contributed by atoms with Crippen LogP contribution in [0.25, 0.3) is 16.8 Å². The number of nitrogens with two attached hydrogens (primary N) is 1. The fraction of sp³-hybridized carbons (Fsp3) is 0.367. The largest absolute Gasteiger partial charge is 0.489 e. The van der Waals surface area contributed by atoms with E-state index in [1.54, 1.807) is 6.20 Å². The highest BCUT2D eigenvalue weighted by atomic mass is 16.5. The summed E-state index contributed by atoms with van der Waals surface area (Å²) in [5.41, 5.74) is 10.2. The second-order valence-electron chi connectivity index (χ2n) is 10.2. The van der Waals surface area contributed by atoms with E-state index in [2.05, 4.69) is 27.6 Å². The van der Waals surface area contributed by atoms with Gasteiger partial charge in [0.15, 0.2) is 5.82 Å². The van der Waals surface area contributed by atoms with Crippen LogP contribution >= 0.6 is 0 Å². The smallest absolute Gasteiger partial charge is 0.225 e. The van der Waals surface area contributed by atoms with Gasteiger partial charge in [-0.2, -0.15) is 0 Å². The molecule has 2 fully saturated rings. The summed E-state index contributed by atoms with van der Waals surface area (Å²) in [7, 11) is 0. The third-order valence-corrected chi connectivity index (χ3v) is 7.74. The van der Waals surface area contributed by atoms with Crippen molar-refractivity contribution < 1.29 is 14.3 Å². The van der Waals surface area contributed by atoms with Gasteiger partial charge >= 0.3 is 0 Å². The summed E-state index contributed by atoms with van der Waals surface area (Å²) in [6.45, 7) is 3.17. The molecule has 6 rings (SSSR count). The number of imidazole rings is 1. The minimum absolute atomic E-state index is 0.0764. The Kier molecular flexibility index (Phi) is 6.96. The number of carbonyl (C=O) groups is 1. The van der Waals surface area contributed by atoms with E-state index in [1.165, 1.54) is 0 Å². The predicted molar refractivity (Wildman–Crippen MR) is 146 cm³/mol. The summed E-state index contributed by atoms with van der Waals surface area (Å²) in [6, 6.07) is 18.2. The molecule has 0 unspecified atom stereocenters. The molecular weight excluding hydrogens is 478 g/mol. The fourth-order valence-electron chi connectivity index (χ4n) is 5.69. The quantitative estimate of drug-likeness (QED) is 0.404. The monoisotopic (exact) mass is 511 g/mol. The summed E-state index contributed by atoms with van der Waals surface area (Å²) in [4.78, 5) is 24.3. The zero-order chi connectivity index (χ0) is 25.9. The lowest BCUT2D eigenvalue weighted by Gasteiger charge is -2.33. The van der Waals surface area contributed by atoms with Crippen molar-refractivity contribution in [2.75, 3.05) is 32.0 Å². The maximum atomic E-state index is 13.0. The number of nitrogens with zero attached hydrogens (tertiary/aromatic N) is 4. The van der Waals surface area contributed by atoms with Gasteiger partial charge in [-0.15, -0.1) is 0 Å². The summed E-state index contributed by atoms with van der Waals surface area (Å²) in [5, 5.41) is 0. The van der Waals surface area contributed by atoms with E-state index in [-0.39, 0.29) is 17.7 Å². The molecular formula is C30H33N5O3. The molecule has 8 heteroatoms. The molecule has 1 aliphatic heterocycles. The van der Waals surface area contributed by atoms with E-state index >= 15 is 0 Å². The standard InChI is InChI=1S/C30H33N5O3/c31-28-27-19-32-18-26(24-7-4-8-25(17-24)38-20-21-5-2-1-3-6-21)35(27)29(33-28)22-9-11-23(12-10-22)30(36)34-13-15-37-16-14-34/h1-8,17-19,22-23H,9-16,20,31H2. The van der Waals surface area contributed by atoms with Gasteiger partial charge in [0.2, 0.25) is 5.91 Å². The van der Waals surface area contributed by atoms with Crippen LogP contribution in [0.4, 0.5) is 5.82 Å². The van der Waals surface area contributed by atoms with Crippen molar-refractivity contribution in [3.8, 4) is 17.0 Å². The molecule has 2 aromatic heterocycles. The topological polar surface area (TPSA) is 95.0 Å². The van der Waals surface area contributed by atoms with Crippen molar-refractivity contribution >= 4 is 17.2 Å². The van der Waals surface area contributed by atoms with Crippen LogP contribution in [0.5, 0.6) is 5.75 Å². The van der Waals surface area contributed by atoms with Crippen molar-refractivity contribution in [1.29, 1.82) is 0 Å². The Morgan fingerprint density at radius 2 is 1.79 bits per heavy atom. The molecule has 196 valence electrons. The van der Waals surface area contributed by atoms with Gasteiger partial charge in [0.25, 0.3) is 0 Å². The summed E-state index contributed by atoms with van der Waals surface area (Å²) < 4.78 is 13.6. The molecule has 1 saturated heterocycles. The highest BCUT2D eigenvalue weighted by Gasteiger charge is 2.33. The molecule has 0 spiro atoms. The Balaban J connectivity index is 1.23. The number of aromatic nitrogens is 3. The number of fused-ring (bicyclic) bond motifs is 1. The number of hydrogen-bond acceptors (Lipinski definition) is 6. The van der Waals surface area contributed by atoms with E-state index in [4.69, 9.17) is 20.2 Å². The summed E-state index contributed by atoms with van der Waals surface area (Å²) in [6.07, 6.45) is 7.17. The van der Waals surface area contributed by atoms with E-state index in [0.29, 0.717) is 38.7 Å². The minimum atomic E-state index is 0.0764. The number of carbonyl (C=O) groups excluding carboxylic acids is 1. The van der Waals surface area contributed by atoms with Crippen molar-refractivity contribution in [2.45, 2.75) is 38.2 Å². The lowest BCUT2D eigenvalue weighted by Crippen LogP contribution is -2.44. The molecule has 2 aliphatic rings. The van der Waals surface area contributed by atoms with Crippen LogP contribution in [-0.4, -0.2) is 51.5 Å². The Bertz CT molecular complexity index is 1410. The molecule has 2 N–H and O–H groups in total. The molecule has 4 aromatic rings. The first-order valence-electron chi connectivity index (χ1n) is 13.4. The summed E-state index contributed by atoms with van der Waals surface area (Å²) in [5.74, 6) is 2.80. The fourth-order valence-corrected chi connectivity index (χ4v) is 5.69. The lowest BCUT2D eigenvalue weighted by atomic mass is 9.81. The van der Waals surface area contributed by atoms with Gasteiger partial charge in [-0.25, -0.2) is 4.98 Å². The Labute approximate surface area is 222 Å². The molecule has 2 aromatic carbocycles. The first-order chi connectivity index (χ1) is 18.7. The van der Waals surface area contributed by atoms with Crippen molar-refractivity contribution in [3.63, 3.8) is 0 Å². The van der Waals surface area contributed by atoms with Gasteiger partial charge in [0.1, 0.15) is 23.7 Å². The van der Waals surface area contributed by atoms with E-state index in [1.807, 2.05) is 47.5 Å². The molecule has 0 bridgehead atoms. The van der Waals surface area contributed by atoms with Crippen LogP contribution in [0.15, 0.2) is 67.0 Å². The molecule has 1 amide bonds. The highest BCUT2D eigenvalue weighted by molar-refractivity contribution is 5.79. The molecule has 1 saturated carbocycles. The van der Waals surface area contributed by atoms with Crippen molar-refractivity contribution in [1.82, 2.24) is 19.3 Å². The van der Waals surface area contributed by atoms with Crippen molar-refractivity contribution in [2.24, 2.45) is 5.92 Å². The van der Waals surface area contributed by atoms with E-state index < -0.39 is 0 Å². The third kappa shape index (κ3) is 4.96. The number of hydrogen-bond donors (Lipinski definition) is 1. The minimum Gasteiger partial charge on any atom is -0.489 e. The molecule has 3 heterocycles. The number of morpholine rings is 1. The second kappa shape index (κ2) is 10.8. The molecule has 38 heavy (non-hydrogen) atoms. The first kappa shape index (κ1) is 24.4. The predicted octanol–water partition coefficient (Wildman–Crippen LogP) is 4.69. The normalized spacial score (nSPS) is 19.9. The Hall–Kier alpha value is -3.91. The van der Waals surface area contributed by atoms with E-state index in [0.717, 1.165) is 59.6 Å². The van der Waals surface area contributed by atoms with Gasteiger partial charge in [0.05, 0.1) is 31.3 Å². The lowest BCUT2D eigenvalue weighted by molar-refractivity contribution is -0.140. The van der Waals surface area contributed by atoms with Gasteiger partial charge in [-0.1, -0.05) is 42.5 Å². The first-order valence-corrected chi connectivity index (χ1v) is 13.4. The number of rotatable bonds is 6. The Morgan fingerprint density at radius 1 is 1.00 bits per heavy atom. The zero-order valence-corrected chi connectivity index (χ0v) is 21.5. The molecule has 0 atom stereocenters. The molecule has 8 nitrogen and oxygen atoms in total. The van der Waals surface area contributed by atoms with Crippen LogP contribution < -0.4 is 10.5 Å². The SMILES string of the molecule is Nc1nc(C2CCC(C(=O)N3CCOCC3)CC2)n2c(-c3cccc(OCc4ccccc4)c3)cncc12. The maximum Gasteiger partial charge on any atom is 0.225 e. The van der Waals surface area contributed by atoms with Crippen LogP contribution in [0.3, 0.4) is 0 Å². The zero-order valence-electron chi connectivity index (χ0n) is 21.5. The number of amides is 1.